The SMILES string of the molecule is CCCCc1cc(OP(O)O)cc(CCCC)c1O. The number of hydrogen-bond acceptors (Lipinski definition) is 4. The van der Waals surface area contributed by atoms with E-state index in [1.807, 2.05) is 0 Å². The Morgan fingerprint density at radius 3 is 1.84 bits per heavy atom. The minimum Gasteiger partial charge on any atom is -0.507 e. The largest absolute Gasteiger partial charge is 0.507 e. The van der Waals surface area contributed by atoms with E-state index < -0.39 is 8.60 Å². The van der Waals surface area contributed by atoms with Gasteiger partial charge in [-0.1, -0.05) is 26.7 Å². The molecule has 0 aliphatic heterocycles. The van der Waals surface area contributed by atoms with Crippen molar-refractivity contribution in [1.82, 2.24) is 0 Å². The number of phenols is 1. The van der Waals surface area contributed by atoms with E-state index in [1.165, 1.54) is 0 Å². The Hall–Kier alpha value is -0.830. The van der Waals surface area contributed by atoms with Crippen molar-refractivity contribution in [3.63, 3.8) is 0 Å². The molecule has 1 rings (SSSR count). The van der Waals surface area contributed by atoms with Crippen molar-refractivity contribution in [1.29, 1.82) is 0 Å². The van der Waals surface area contributed by atoms with E-state index in [2.05, 4.69) is 13.8 Å². The summed E-state index contributed by atoms with van der Waals surface area (Å²) < 4.78 is 4.98. The van der Waals surface area contributed by atoms with Crippen LogP contribution in [0.15, 0.2) is 12.1 Å². The van der Waals surface area contributed by atoms with Crippen LogP contribution in [-0.2, 0) is 12.8 Å². The number of aryl methyl sites for hydroxylation is 2. The summed E-state index contributed by atoms with van der Waals surface area (Å²) in [5.41, 5.74) is 1.64. The third kappa shape index (κ3) is 5.35. The van der Waals surface area contributed by atoms with E-state index in [4.69, 9.17) is 14.3 Å². The lowest BCUT2D eigenvalue weighted by Gasteiger charge is -2.13. The van der Waals surface area contributed by atoms with Crippen molar-refractivity contribution < 1.29 is 19.4 Å². The van der Waals surface area contributed by atoms with Gasteiger partial charge in [-0.2, -0.15) is 0 Å². The topological polar surface area (TPSA) is 69.9 Å². The second kappa shape index (κ2) is 8.36. The van der Waals surface area contributed by atoms with Crippen LogP contribution < -0.4 is 4.52 Å². The van der Waals surface area contributed by atoms with Gasteiger partial charge in [0.15, 0.2) is 0 Å². The fraction of sp³-hybridized carbons (Fsp3) is 0.571. The van der Waals surface area contributed by atoms with Gasteiger partial charge in [0, 0.05) is 0 Å². The number of phenolic OH excluding ortho intramolecular Hbond substituents is 1. The molecular formula is C14H23O4P. The Kier molecular flexibility index (Phi) is 7.14. The van der Waals surface area contributed by atoms with Crippen LogP contribution in [0.2, 0.25) is 0 Å². The Morgan fingerprint density at radius 1 is 1.00 bits per heavy atom. The third-order valence-corrected chi connectivity index (χ3v) is 3.40. The molecule has 0 radical (unpaired) electrons. The summed E-state index contributed by atoms with van der Waals surface area (Å²) in [4.78, 5) is 17.9. The van der Waals surface area contributed by atoms with Gasteiger partial charge in [-0.25, -0.2) is 0 Å². The Balaban J connectivity index is 2.99. The van der Waals surface area contributed by atoms with Crippen LogP contribution in [0, 0.1) is 0 Å². The van der Waals surface area contributed by atoms with Crippen LogP contribution in [0.3, 0.4) is 0 Å². The molecule has 19 heavy (non-hydrogen) atoms. The van der Waals surface area contributed by atoms with Crippen molar-refractivity contribution in [2.75, 3.05) is 0 Å². The normalized spacial score (nSPS) is 11.0. The highest BCUT2D eigenvalue weighted by molar-refractivity contribution is 7.39. The third-order valence-electron chi connectivity index (χ3n) is 3.03. The van der Waals surface area contributed by atoms with Crippen LogP contribution in [0.1, 0.15) is 50.7 Å². The molecule has 0 bridgehead atoms. The molecule has 3 N–H and O–H groups in total. The van der Waals surface area contributed by atoms with Gasteiger partial charge in [0.2, 0.25) is 0 Å². The van der Waals surface area contributed by atoms with E-state index in [0.29, 0.717) is 11.5 Å². The first kappa shape index (κ1) is 16.2. The Morgan fingerprint density at radius 2 is 1.47 bits per heavy atom. The minimum absolute atomic E-state index is 0.328. The summed E-state index contributed by atoms with van der Waals surface area (Å²) in [6, 6.07) is 3.39. The Bertz CT molecular complexity index is 364. The molecule has 0 spiro atoms. The number of unbranched alkanes of at least 4 members (excludes halogenated alkanes) is 2. The van der Waals surface area contributed by atoms with Crippen molar-refractivity contribution in [2.45, 2.75) is 52.4 Å². The maximum atomic E-state index is 10.2. The highest BCUT2D eigenvalue weighted by Crippen LogP contribution is 2.35. The fourth-order valence-electron chi connectivity index (χ4n) is 1.99. The van der Waals surface area contributed by atoms with Crippen LogP contribution >= 0.6 is 8.60 Å². The second-order valence-corrected chi connectivity index (χ2v) is 5.33. The first-order chi connectivity index (χ1) is 9.08. The van der Waals surface area contributed by atoms with Crippen molar-refractivity contribution in [2.24, 2.45) is 0 Å². The lowest BCUT2D eigenvalue weighted by molar-refractivity contribution is 0.373. The minimum atomic E-state index is -2.42. The Labute approximate surface area is 116 Å². The molecule has 0 aromatic heterocycles. The molecular weight excluding hydrogens is 263 g/mol. The molecule has 0 saturated heterocycles. The van der Waals surface area contributed by atoms with E-state index >= 15 is 0 Å². The maximum Gasteiger partial charge on any atom is 0.391 e. The molecule has 4 nitrogen and oxygen atoms in total. The first-order valence-corrected chi connectivity index (χ1v) is 7.95. The zero-order chi connectivity index (χ0) is 14.3. The number of aromatic hydroxyl groups is 1. The molecule has 0 fully saturated rings. The molecule has 0 heterocycles. The van der Waals surface area contributed by atoms with Crippen molar-refractivity contribution in [3.05, 3.63) is 23.3 Å². The highest BCUT2D eigenvalue weighted by Gasteiger charge is 2.12. The molecule has 0 amide bonds. The summed E-state index contributed by atoms with van der Waals surface area (Å²) in [7, 11) is -2.42. The number of hydrogen-bond donors (Lipinski definition) is 3. The summed E-state index contributed by atoms with van der Waals surface area (Å²) in [5, 5.41) is 10.2. The molecule has 0 aliphatic carbocycles. The van der Waals surface area contributed by atoms with Gasteiger partial charge < -0.3 is 19.4 Å². The second-order valence-electron chi connectivity index (χ2n) is 4.64. The van der Waals surface area contributed by atoms with E-state index in [1.54, 1.807) is 12.1 Å². The predicted octanol–water partition coefficient (Wildman–Crippen LogP) is 3.67. The molecule has 0 unspecified atom stereocenters. The van der Waals surface area contributed by atoms with E-state index in [-0.39, 0.29) is 0 Å². The summed E-state index contributed by atoms with van der Waals surface area (Å²) >= 11 is 0. The average Bonchev–Trinajstić information content (AvgIpc) is 2.36. The molecule has 0 saturated carbocycles. The van der Waals surface area contributed by atoms with Crippen LogP contribution in [0.5, 0.6) is 11.5 Å². The average molecular weight is 286 g/mol. The van der Waals surface area contributed by atoms with Gasteiger partial charge in [0.1, 0.15) is 11.5 Å². The zero-order valence-corrected chi connectivity index (χ0v) is 12.5. The fourth-order valence-corrected chi connectivity index (χ4v) is 2.28. The van der Waals surface area contributed by atoms with Crippen molar-refractivity contribution in [3.8, 4) is 11.5 Å². The zero-order valence-electron chi connectivity index (χ0n) is 11.6. The first-order valence-electron chi connectivity index (χ1n) is 6.79. The van der Waals surface area contributed by atoms with E-state index in [9.17, 15) is 5.11 Å². The van der Waals surface area contributed by atoms with Crippen LogP contribution in [0.4, 0.5) is 0 Å². The predicted molar refractivity (Wildman–Crippen MR) is 77.3 cm³/mol. The van der Waals surface area contributed by atoms with Crippen LogP contribution in [-0.4, -0.2) is 14.9 Å². The van der Waals surface area contributed by atoms with Crippen molar-refractivity contribution >= 4 is 8.60 Å². The molecule has 1 aromatic carbocycles. The smallest absolute Gasteiger partial charge is 0.391 e. The van der Waals surface area contributed by atoms with Gasteiger partial charge in [-0.15, -0.1) is 0 Å². The number of benzene rings is 1. The summed E-state index contributed by atoms with van der Waals surface area (Å²) in [6.45, 7) is 4.19. The van der Waals surface area contributed by atoms with Gasteiger partial charge in [0.05, 0.1) is 0 Å². The quantitative estimate of drug-likeness (QED) is 0.638. The van der Waals surface area contributed by atoms with E-state index in [0.717, 1.165) is 49.7 Å². The molecule has 0 aliphatic rings. The summed E-state index contributed by atoms with van der Waals surface area (Å²) in [5.74, 6) is 0.751. The summed E-state index contributed by atoms with van der Waals surface area (Å²) in [6.07, 6.45) is 5.60. The molecule has 108 valence electrons. The van der Waals surface area contributed by atoms with Crippen LogP contribution in [0.25, 0.3) is 0 Å². The molecule has 5 heteroatoms. The lowest BCUT2D eigenvalue weighted by atomic mass is 10.00. The van der Waals surface area contributed by atoms with Gasteiger partial charge >= 0.3 is 8.60 Å². The van der Waals surface area contributed by atoms with Gasteiger partial charge in [-0.3, -0.25) is 0 Å². The van der Waals surface area contributed by atoms with Gasteiger partial charge in [-0.05, 0) is 48.9 Å². The highest BCUT2D eigenvalue weighted by atomic mass is 31.2. The standard InChI is InChI=1S/C14H23O4P/c1-3-5-7-11-9-13(18-19(16)17)10-12(14(11)15)8-6-4-2/h9-10,15-17H,3-8H2,1-2H3. The lowest BCUT2D eigenvalue weighted by Crippen LogP contribution is -1.95. The number of rotatable bonds is 8. The maximum absolute atomic E-state index is 10.2. The van der Waals surface area contributed by atoms with Gasteiger partial charge in [0.25, 0.3) is 0 Å². The molecule has 1 aromatic rings. The molecule has 0 atom stereocenters. The monoisotopic (exact) mass is 286 g/mol.